The zero-order chi connectivity index (χ0) is 12.0. The molecule has 0 unspecified atom stereocenters. The van der Waals surface area contributed by atoms with E-state index in [1.807, 2.05) is 12.1 Å². The molecule has 0 fully saturated rings. The molecule has 4 nitrogen and oxygen atoms in total. The highest BCUT2D eigenvalue weighted by molar-refractivity contribution is 5.31. The first-order valence-corrected chi connectivity index (χ1v) is 5.39. The van der Waals surface area contributed by atoms with Crippen molar-refractivity contribution >= 4 is 0 Å². The van der Waals surface area contributed by atoms with Crippen molar-refractivity contribution in [2.75, 3.05) is 20.3 Å². The molecule has 0 spiro atoms. The second-order valence-electron chi connectivity index (χ2n) is 4.42. The van der Waals surface area contributed by atoms with Gasteiger partial charge in [-0.2, -0.15) is 0 Å². The Morgan fingerprint density at radius 2 is 1.88 bits per heavy atom. The molecule has 0 saturated heterocycles. The monoisotopic (exact) mass is 223 g/mol. The quantitative estimate of drug-likeness (QED) is 0.291. The molecule has 0 aliphatic rings. The van der Waals surface area contributed by atoms with Gasteiger partial charge in [0.15, 0.2) is 0 Å². The van der Waals surface area contributed by atoms with Gasteiger partial charge in [-0.15, -0.1) is 0 Å². The predicted molar refractivity (Wildman–Crippen MR) is 66.2 cm³/mol. The fourth-order valence-electron chi connectivity index (χ4n) is 1.59. The van der Waals surface area contributed by atoms with Crippen molar-refractivity contribution in [2.24, 2.45) is 5.84 Å². The fourth-order valence-corrected chi connectivity index (χ4v) is 1.59. The standard InChI is InChI=1S/C12H21N3O/c1-12(2,8-14-9-15-13)10-4-6-11(16-3)7-5-10/h4-7,14-15H,8-9,13H2,1-3H3. The first-order chi connectivity index (χ1) is 7.60. The number of nitrogens with two attached hydrogens (primary N) is 1. The molecular formula is C12H21N3O. The largest absolute Gasteiger partial charge is 0.497 e. The maximum absolute atomic E-state index is 5.21. The van der Waals surface area contributed by atoms with Gasteiger partial charge in [0.25, 0.3) is 0 Å². The van der Waals surface area contributed by atoms with Crippen LogP contribution in [-0.2, 0) is 5.41 Å². The molecule has 4 N–H and O–H groups in total. The molecule has 1 aromatic rings. The summed E-state index contributed by atoms with van der Waals surface area (Å²) < 4.78 is 5.14. The van der Waals surface area contributed by atoms with E-state index in [1.165, 1.54) is 5.56 Å². The second-order valence-corrected chi connectivity index (χ2v) is 4.42. The molecule has 0 bridgehead atoms. The molecule has 16 heavy (non-hydrogen) atoms. The summed E-state index contributed by atoms with van der Waals surface area (Å²) >= 11 is 0. The van der Waals surface area contributed by atoms with Crippen molar-refractivity contribution in [1.29, 1.82) is 0 Å². The Labute approximate surface area is 97.1 Å². The third-order valence-electron chi connectivity index (χ3n) is 2.67. The van der Waals surface area contributed by atoms with Crippen LogP contribution in [0, 0.1) is 0 Å². The molecule has 1 rings (SSSR count). The van der Waals surface area contributed by atoms with Crippen LogP contribution >= 0.6 is 0 Å². The summed E-state index contributed by atoms with van der Waals surface area (Å²) in [5.74, 6) is 6.09. The number of nitrogens with one attached hydrogen (secondary N) is 2. The van der Waals surface area contributed by atoms with Gasteiger partial charge in [-0.1, -0.05) is 26.0 Å². The zero-order valence-corrected chi connectivity index (χ0v) is 10.2. The summed E-state index contributed by atoms with van der Waals surface area (Å²) in [4.78, 5) is 0. The van der Waals surface area contributed by atoms with Gasteiger partial charge >= 0.3 is 0 Å². The van der Waals surface area contributed by atoms with Crippen LogP contribution in [0.1, 0.15) is 19.4 Å². The minimum absolute atomic E-state index is 0.0725. The topological polar surface area (TPSA) is 59.3 Å². The molecule has 0 atom stereocenters. The van der Waals surface area contributed by atoms with E-state index in [4.69, 9.17) is 10.6 Å². The van der Waals surface area contributed by atoms with E-state index in [9.17, 15) is 0 Å². The number of rotatable bonds is 6. The molecule has 90 valence electrons. The molecule has 4 heteroatoms. The van der Waals surface area contributed by atoms with Crippen molar-refractivity contribution in [2.45, 2.75) is 19.3 Å². The van der Waals surface area contributed by atoms with Crippen molar-refractivity contribution in [1.82, 2.24) is 10.7 Å². The zero-order valence-electron chi connectivity index (χ0n) is 10.2. The third-order valence-corrected chi connectivity index (χ3v) is 2.67. The number of benzene rings is 1. The molecule has 0 aromatic heterocycles. The number of ether oxygens (including phenoxy) is 1. The summed E-state index contributed by atoms with van der Waals surface area (Å²) in [5, 5.41) is 3.24. The van der Waals surface area contributed by atoms with Crippen molar-refractivity contribution in [3.8, 4) is 5.75 Å². The van der Waals surface area contributed by atoms with Crippen LogP contribution in [0.25, 0.3) is 0 Å². The first-order valence-electron chi connectivity index (χ1n) is 5.39. The first kappa shape index (κ1) is 13.0. The van der Waals surface area contributed by atoms with E-state index in [1.54, 1.807) is 7.11 Å². The van der Waals surface area contributed by atoms with Crippen LogP contribution in [0.5, 0.6) is 5.75 Å². The minimum Gasteiger partial charge on any atom is -0.497 e. The SMILES string of the molecule is COc1ccc(C(C)(C)CNCNN)cc1. The number of hydrogen-bond acceptors (Lipinski definition) is 4. The highest BCUT2D eigenvalue weighted by Gasteiger charge is 2.19. The van der Waals surface area contributed by atoms with Crippen LogP contribution in [0.2, 0.25) is 0 Å². The molecule has 0 aliphatic carbocycles. The van der Waals surface area contributed by atoms with E-state index in [0.29, 0.717) is 6.67 Å². The van der Waals surface area contributed by atoms with Crippen molar-refractivity contribution in [3.63, 3.8) is 0 Å². The van der Waals surface area contributed by atoms with Gasteiger partial charge in [0.2, 0.25) is 0 Å². The molecule has 1 aromatic carbocycles. The highest BCUT2D eigenvalue weighted by atomic mass is 16.5. The van der Waals surface area contributed by atoms with Gasteiger partial charge in [0.1, 0.15) is 5.75 Å². The summed E-state index contributed by atoms with van der Waals surface area (Å²) in [6.07, 6.45) is 0. The van der Waals surface area contributed by atoms with Gasteiger partial charge in [-0.3, -0.25) is 5.84 Å². The second kappa shape index (κ2) is 5.84. The van der Waals surface area contributed by atoms with Gasteiger partial charge in [-0.05, 0) is 17.7 Å². The van der Waals surface area contributed by atoms with Crippen LogP contribution in [0.4, 0.5) is 0 Å². The maximum Gasteiger partial charge on any atom is 0.118 e. The lowest BCUT2D eigenvalue weighted by molar-refractivity contribution is 0.413. The van der Waals surface area contributed by atoms with E-state index >= 15 is 0 Å². The number of methoxy groups -OCH3 is 1. The average molecular weight is 223 g/mol. The summed E-state index contributed by atoms with van der Waals surface area (Å²) in [6, 6.07) is 8.16. The van der Waals surface area contributed by atoms with Crippen LogP contribution in [0.3, 0.4) is 0 Å². The Bertz CT molecular complexity index is 309. The van der Waals surface area contributed by atoms with E-state index < -0.39 is 0 Å². The van der Waals surface area contributed by atoms with Crippen molar-refractivity contribution in [3.05, 3.63) is 29.8 Å². The molecule has 0 aliphatic heterocycles. The normalized spacial score (nSPS) is 11.5. The van der Waals surface area contributed by atoms with E-state index in [2.05, 4.69) is 36.7 Å². The van der Waals surface area contributed by atoms with Gasteiger partial charge in [0, 0.05) is 12.0 Å². The summed E-state index contributed by atoms with van der Waals surface area (Å²) in [7, 11) is 1.68. The van der Waals surface area contributed by atoms with E-state index in [-0.39, 0.29) is 5.41 Å². The minimum atomic E-state index is 0.0725. The maximum atomic E-state index is 5.21. The number of hydrogen-bond donors (Lipinski definition) is 3. The Kier molecular flexibility index (Phi) is 4.73. The average Bonchev–Trinajstić information content (AvgIpc) is 2.29. The van der Waals surface area contributed by atoms with Crippen LogP contribution < -0.4 is 21.3 Å². The Morgan fingerprint density at radius 3 is 2.38 bits per heavy atom. The molecule has 0 amide bonds. The van der Waals surface area contributed by atoms with Gasteiger partial charge < -0.3 is 10.1 Å². The Hall–Kier alpha value is -1.10. The third kappa shape index (κ3) is 3.48. The number of hydrazine groups is 1. The summed E-state index contributed by atoms with van der Waals surface area (Å²) in [5.41, 5.74) is 3.93. The van der Waals surface area contributed by atoms with Crippen LogP contribution in [0.15, 0.2) is 24.3 Å². The van der Waals surface area contributed by atoms with Gasteiger partial charge in [-0.25, -0.2) is 5.43 Å². The lowest BCUT2D eigenvalue weighted by atomic mass is 9.84. The van der Waals surface area contributed by atoms with Crippen LogP contribution in [-0.4, -0.2) is 20.3 Å². The lowest BCUT2D eigenvalue weighted by Gasteiger charge is -2.25. The van der Waals surface area contributed by atoms with Crippen molar-refractivity contribution < 1.29 is 4.74 Å². The molecule has 0 radical (unpaired) electrons. The highest BCUT2D eigenvalue weighted by Crippen LogP contribution is 2.24. The Balaban J connectivity index is 2.65. The van der Waals surface area contributed by atoms with Gasteiger partial charge in [0.05, 0.1) is 13.8 Å². The smallest absolute Gasteiger partial charge is 0.118 e. The molecule has 0 heterocycles. The Morgan fingerprint density at radius 1 is 1.25 bits per heavy atom. The molecular weight excluding hydrogens is 202 g/mol. The predicted octanol–water partition coefficient (Wildman–Crippen LogP) is 0.983. The molecule has 0 saturated carbocycles. The van der Waals surface area contributed by atoms with E-state index in [0.717, 1.165) is 12.3 Å². The summed E-state index contributed by atoms with van der Waals surface area (Å²) in [6.45, 7) is 5.86. The fraction of sp³-hybridized carbons (Fsp3) is 0.500. The lowest BCUT2D eigenvalue weighted by Crippen LogP contribution is -2.40.